The van der Waals surface area contributed by atoms with Crippen molar-refractivity contribution in [3.05, 3.63) is 23.3 Å². The van der Waals surface area contributed by atoms with Crippen molar-refractivity contribution in [3.8, 4) is 0 Å². The molecule has 0 bridgehead atoms. The Balaban J connectivity index is 0.000000296. The summed E-state index contributed by atoms with van der Waals surface area (Å²) >= 11 is 6.58. The van der Waals surface area contributed by atoms with Crippen LogP contribution in [0.15, 0.2) is 28.3 Å². The van der Waals surface area contributed by atoms with Crippen LogP contribution in [-0.2, 0) is 52.6 Å². The van der Waals surface area contributed by atoms with Gasteiger partial charge in [-0.15, -0.1) is 23.4 Å². The Kier molecular flexibility index (Phi) is 23.0. The molecule has 0 aromatic rings. The quantitative estimate of drug-likeness (QED) is 0.0298. The van der Waals surface area contributed by atoms with Gasteiger partial charge in [-0.25, -0.2) is 4.79 Å². The van der Waals surface area contributed by atoms with Crippen LogP contribution in [0.4, 0.5) is 13.2 Å². The number of amides is 2. The molecule has 0 saturated heterocycles. The summed E-state index contributed by atoms with van der Waals surface area (Å²) in [5, 5.41) is 56.0. The number of thioether (sulfide) groups is 1. The van der Waals surface area contributed by atoms with Gasteiger partial charge < -0.3 is 57.5 Å². The lowest BCUT2D eigenvalue weighted by Gasteiger charge is -2.60. The Morgan fingerprint density at radius 1 is 0.753 bits per heavy atom. The number of fused-ring (bicyclic) bond motifs is 10. The molecule has 85 heavy (non-hydrogen) atoms. The molecule has 2 amide bonds. The maximum atomic E-state index is 13.5. The largest absolute Gasteiger partial charge is 0.490 e. The number of aliphatic hydroxyl groups is 4. The van der Waals surface area contributed by atoms with Gasteiger partial charge in [-0.1, -0.05) is 53.2 Å². The molecule has 0 aromatic carbocycles. The molecule has 12 N–H and O–H groups in total. The molecule has 0 aliphatic heterocycles. The number of alkyl halides is 4. The molecule has 8 aliphatic carbocycles. The number of nitrogens with two attached hydrogens (primary N) is 3. The maximum Gasteiger partial charge on any atom is 0.490 e. The molecule has 8 aliphatic rings. The van der Waals surface area contributed by atoms with Crippen LogP contribution in [0.5, 0.6) is 0 Å². The number of guanidine groups is 1. The number of nitrogens with one attached hydrogen (secondary N) is 1. The van der Waals surface area contributed by atoms with Crippen molar-refractivity contribution in [2.45, 2.75) is 180 Å². The van der Waals surface area contributed by atoms with Crippen LogP contribution in [0.2, 0.25) is 0 Å². The number of rotatable bonds is 18. The van der Waals surface area contributed by atoms with Crippen molar-refractivity contribution in [1.82, 2.24) is 5.32 Å². The molecule has 0 unspecified atom stereocenters. The molecular formula is C59H87ClF3N5O16S. The second-order valence-corrected chi connectivity index (χ2v) is 26.7. The Hall–Kier alpha value is -4.95. The number of hydrogen-bond acceptors (Lipinski definition) is 17. The Labute approximate surface area is 503 Å². The highest BCUT2D eigenvalue weighted by atomic mass is 35.5. The summed E-state index contributed by atoms with van der Waals surface area (Å²) in [6.45, 7) is 8.99. The van der Waals surface area contributed by atoms with E-state index in [1.807, 2.05) is 13.8 Å². The molecule has 6 saturated carbocycles. The number of allylic oxidation sites excluding steroid dienone is 2. The SMILES string of the molecule is C.C[C@@H](CSCC(=O)OCC(=O)[C@@]1(O)CC[C@H]2[C@@H]3CCC4=CC(=O)CC[C@]4(C)[C@H]3[C@@H](O)C[C@@]21C)C(=O)N[C@H](CCCN=C(N)N)C(N)=O.C[C@]12CCC(=O)C=C1CC[C@@H]1[C@@H]2[C@@H](O)C[C@@]2(C)[C@H]1CC[C@]2(O)C(=O)COC(=O)CCl.O=C(O)C(F)(F)F. The van der Waals surface area contributed by atoms with E-state index in [1.54, 1.807) is 19.1 Å². The highest BCUT2D eigenvalue weighted by Crippen LogP contribution is 2.69. The first kappa shape index (κ1) is 70.8. The predicted molar refractivity (Wildman–Crippen MR) is 307 cm³/mol. The molecule has 478 valence electrons. The summed E-state index contributed by atoms with van der Waals surface area (Å²) in [6, 6.07) is -0.882. The fraction of sp³-hybridized carbons (Fsp3) is 0.763. The second kappa shape index (κ2) is 27.6. The van der Waals surface area contributed by atoms with E-state index in [1.165, 1.54) is 0 Å². The zero-order valence-electron chi connectivity index (χ0n) is 48.3. The van der Waals surface area contributed by atoms with Crippen LogP contribution in [-0.4, -0.2) is 157 Å². The molecule has 6 fully saturated rings. The molecule has 16 atom stereocenters. The van der Waals surface area contributed by atoms with E-state index in [0.717, 1.165) is 55.0 Å². The molecule has 8 rings (SSSR count). The minimum atomic E-state index is -5.08. The molecular weight excluding hydrogens is 1160 g/mol. The zero-order valence-corrected chi connectivity index (χ0v) is 49.9. The van der Waals surface area contributed by atoms with Crippen molar-refractivity contribution in [2.75, 3.05) is 37.1 Å². The van der Waals surface area contributed by atoms with Crippen molar-refractivity contribution < 1.29 is 91.3 Å². The Morgan fingerprint density at radius 3 is 1.59 bits per heavy atom. The van der Waals surface area contributed by atoms with Gasteiger partial charge in [0.2, 0.25) is 23.4 Å². The van der Waals surface area contributed by atoms with Gasteiger partial charge in [0, 0.05) is 41.9 Å². The van der Waals surface area contributed by atoms with Crippen molar-refractivity contribution in [2.24, 2.45) is 85.3 Å². The lowest BCUT2D eigenvalue weighted by molar-refractivity contribution is -0.192. The first-order chi connectivity index (χ1) is 39.0. The number of carboxylic acid groups (broad SMARTS) is 1. The average molecular weight is 1250 g/mol. The number of Topliss-reactive ketones (excluding diaryl/α,β-unsaturated/α-hetero) is 2. The van der Waals surface area contributed by atoms with Crippen LogP contribution in [0.3, 0.4) is 0 Å². The van der Waals surface area contributed by atoms with E-state index in [2.05, 4.69) is 24.2 Å². The number of aliphatic imine (C=N–C) groups is 1. The maximum absolute atomic E-state index is 13.5. The number of ether oxygens (including phenoxy) is 2. The van der Waals surface area contributed by atoms with Crippen LogP contribution in [0.25, 0.3) is 0 Å². The highest BCUT2D eigenvalue weighted by Gasteiger charge is 2.70. The topological polar surface area (TPSA) is 376 Å². The van der Waals surface area contributed by atoms with Crippen LogP contribution in [0.1, 0.15) is 145 Å². The number of aliphatic hydroxyl groups excluding tert-OH is 2. The molecule has 0 spiro atoms. The Bertz CT molecular complexity index is 2680. The lowest BCUT2D eigenvalue weighted by Crippen LogP contribution is -2.62. The van der Waals surface area contributed by atoms with Crippen molar-refractivity contribution in [3.63, 3.8) is 0 Å². The molecule has 0 radical (unpaired) electrons. The van der Waals surface area contributed by atoms with Crippen LogP contribution < -0.4 is 22.5 Å². The smallest absolute Gasteiger partial charge is 0.475 e. The normalized spacial score (nSPS) is 35.7. The number of ketones is 4. The van der Waals surface area contributed by atoms with Gasteiger partial charge in [0.25, 0.3) is 0 Å². The number of carbonyl (C=O) groups excluding carboxylic acids is 8. The third-order valence-corrected chi connectivity index (χ3v) is 22.1. The van der Waals surface area contributed by atoms with Crippen molar-refractivity contribution >= 4 is 82.2 Å². The predicted octanol–water partition coefficient (Wildman–Crippen LogP) is 4.57. The summed E-state index contributed by atoms with van der Waals surface area (Å²) in [5.41, 5.74) is 12.8. The summed E-state index contributed by atoms with van der Waals surface area (Å²) in [7, 11) is 0. The van der Waals surface area contributed by atoms with Crippen LogP contribution in [0, 0.1) is 63.1 Å². The number of carboxylic acids is 1. The first-order valence-corrected chi connectivity index (χ1v) is 30.5. The number of nitrogens with zero attached hydrogens (tertiary/aromatic N) is 1. The summed E-state index contributed by atoms with van der Waals surface area (Å²) in [4.78, 5) is 112. The lowest BCUT2D eigenvalue weighted by atomic mass is 9.45. The van der Waals surface area contributed by atoms with Gasteiger partial charge in [-0.05, 0) is 148 Å². The van der Waals surface area contributed by atoms with Crippen LogP contribution >= 0.6 is 23.4 Å². The van der Waals surface area contributed by atoms with E-state index in [-0.39, 0.29) is 108 Å². The van der Waals surface area contributed by atoms with E-state index < -0.39 is 107 Å². The average Bonchev–Trinajstić information content (AvgIpc) is 1.71. The molecule has 21 nitrogen and oxygen atoms in total. The van der Waals surface area contributed by atoms with E-state index in [9.17, 15) is 72.0 Å². The number of halogens is 4. The monoisotopic (exact) mass is 1250 g/mol. The van der Waals surface area contributed by atoms with Gasteiger partial charge in [0.15, 0.2) is 30.7 Å². The summed E-state index contributed by atoms with van der Waals surface area (Å²) in [6.07, 6.45) is 5.92. The number of primary amides is 1. The highest BCUT2D eigenvalue weighted by molar-refractivity contribution is 7.99. The van der Waals surface area contributed by atoms with E-state index in [4.69, 9.17) is 48.2 Å². The number of aliphatic carboxylic acids is 1. The number of esters is 2. The van der Waals surface area contributed by atoms with Gasteiger partial charge in [-0.2, -0.15) is 13.2 Å². The summed E-state index contributed by atoms with van der Waals surface area (Å²) < 4.78 is 41.9. The van der Waals surface area contributed by atoms with Gasteiger partial charge >= 0.3 is 24.1 Å². The van der Waals surface area contributed by atoms with E-state index in [0.29, 0.717) is 57.9 Å². The third-order valence-electron chi connectivity index (χ3n) is 20.7. The minimum absolute atomic E-state index is 0. The van der Waals surface area contributed by atoms with E-state index >= 15 is 0 Å². The van der Waals surface area contributed by atoms with Gasteiger partial charge in [0.05, 0.1) is 18.0 Å². The second-order valence-electron chi connectivity index (χ2n) is 25.4. The number of hydrogen-bond donors (Lipinski definition) is 9. The standard InChI is InChI=1S/C33H51N5O8S.C23H31ClO6.C2HF3O2.CH4/c1-18(29(44)38-23(28(34)43)5-4-12-37-30(35)36)16-47-17-26(42)46-15-25(41)33(45)11-9-22-21-7-6-19-13-20(39)8-10-31(19,2)27(21)24(40)14-32(22,33)3;1-21-7-5-14(25)9-13(21)3-4-15-16-6-8-23(29,18(27)12-30-19(28)11-24)22(16,2)10-17(26)20(15)21;3-2(4,5)1(6)7;/h13,18,21-24,27,40,45H,4-12,14-17H2,1-3H3,(H2,34,43)(H,38,44)(H4,35,36,37);9,15-17,20,26,29H,3-8,10-12H2,1-2H3;(H,6,7);1H4/t18-,21-,22-,23+,24-,27+,31-,32-,33-;15-,16-,17-,20+,21-,22-,23-;;/m00../s1. The van der Waals surface area contributed by atoms with Gasteiger partial charge in [-0.3, -0.25) is 43.3 Å². The Morgan fingerprint density at radius 2 is 1.19 bits per heavy atom. The molecule has 0 heterocycles. The minimum Gasteiger partial charge on any atom is -0.475 e. The van der Waals surface area contributed by atoms with Crippen molar-refractivity contribution in [1.29, 1.82) is 0 Å². The van der Waals surface area contributed by atoms with Gasteiger partial charge in [0.1, 0.15) is 23.1 Å². The fourth-order valence-electron chi connectivity index (χ4n) is 16.4. The molecule has 0 aromatic heterocycles. The molecule has 26 heteroatoms. The summed E-state index contributed by atoms with van der Waals surface area (Å²) in [5.74, 6) is -6.36. The fourth-order valence-corrected chi connectivity index (χ4v) is 17.4. The third kappa shape index (κ3) is 14.5. The first-order valence-electron chi connectivity index (χ1n) is 28.8. The zero-order chi connectivity index (χ0) is 62.7. The number of carbonyl (C=O) groups is 9.